The van der Waals surface area contributed by atoms with Crippen molar-refractivity contribution >= 4 is 5.97 Å². The highest BCUT2D eigenvalue weighted by molar-refractivity contribution is 5.81. The summed E-state index contributed by atoms with van der Waals surface area (Å²) in [5, 5.41) is 8.70. The van der Waals surface area contributed by atoms with Gasteiger partial charge >= 0.3 is 5.97 Å². The standard InChI is InChI=1S/C12H22O3/c1-4-8-12(3,9-6-7-10-13)15-11(14)5-2/h5,13H,2,4,6-10H2,1,3H3. The van der Waals surface area contributed by atoms with E-state index in [1.807, 2.05) is 6.92 Å². The van der Waals surface area contributed by atoms with Crippen LogP contribution in [0, 0.1) is 0 Å². The lowest BCUT2D eigenvalue weighted by Crippen LogP contribution is -2.31. The van der Waals surface area contributed by atoms with Crippen LogP contribution in [0.15, 0.2) is 12.7 Å². The lowest BCUT2D eigenvalue weighted by Gasteiger charge is -2.28. The van der Waals surface area contributed by atoms with E-state index in [-0.39, 0.29) is 12.6 Å². The third-order valence-electron chi connectivity index (χ3n) is 2.41. The fourth-order valence-corrected chi connectivity index (χ4v) is 1.65. The molecule has 0 saturated carbocycles. The van der Waals surface area contributed by atoms with E-state index in [2.05, 4.69) is 13.5 Å². The van der Waals surface area contributed by atoms with Gasteiger partial charge in [-0.15, -0.1) is 0 Å². The molecule has 3 nitrogen and oxygen atoms in total. The first-order valence-electron chi connectivity index (χ1n) is 5.54. The van der Waals surface area contributed by atoms with Crippen LogP contribution in [0.25, 0.3) is 0 Å². The van der Waals surface area contributed by atoms with Crippen LogP contribution in [-0.4, -0.2) is 23.3 Å². The molecule has 0 radical (unpaired) electrons. The molecule has 0 bridgehead atoms. The quantitative estimate of drug-likeness (QED) is 0.383. The topological polar surface area (TPSA) is 46.5 Å². The summed E-state index contributed by atoms with van der Waals surface area (Å²) in [6.07, 6.45) is 5.43. The van der Waals surface area contributed by atoms with Crippen LogP contribution in [0.5, 0.6) is 0 Å². The summed E-state index contributed by atoms with van der Waals surface area (Å²) in [6.45, 7) is 7.58. The Hall–Kier alpha value is -0.830. The largest absolute Gasteiger partial charge is 0.456 e. The van der Waals surface area contributed by atoms with Crippen molar-refractivity contribution in [1.29, 1.82) is 0 Å². The number of aliphatic hydroxyl groups is 1. The first-order valence-corrected chi connectivity index (χ1v) is 5.54. The van der Waals surface area contributed by atoms with E-state index < -0.39 is 5.60 Å². The molecule has 0 aromatic heterocycles. The second-order valence-corrected chi connectivity index (χ2v) is 4.01. The van der Waals surface area contributed by atoms with Gasteiger partial charge in [0, 0.05) is 12.7 Å². The molecule has 0 aromatic rings. The van der Waals surface area contributed by atoms with Crippen LogP contribution in [0.2, 0.25) is 0 Å². The second kappa shape index (κ2) is 7.46. The molecule has 0 rings (SSSR count). The van der Waals surface area contributed by atoms with Crippen LogP contribution in [0.1, 0.15) is 46.0 Å². The molecule has 0 saturated heterocycles. The zero-order valence-electron chi connectivity index (χ0n) is 9.79. The Morgan fingerprint density at radius 2 is 2.13 bits per heavy atom. The van der Waals surface area contributed by atoms with Gasteiger partial charge in [0.25, 0.3) is 0 Å². The van der Waals surface area contributed by atoms with Crippen molar-refractivity contribution in [3.63, 3.8) is 0 Å². The van der Waals surface area contributed by atoms with E-state index in [1.165, 1.54) is 6.08 Å². The molecule has 15 heavy (non-hydrogen) atoms. The fraction of sp³-hybridized carbons (Fsp3) is 0.750. The van der Waals surface area contributed by atoms with Crippen LogP contribution in [0.3, 0.4) is 0 Å². The van der Waals surface area contributed by atoms with Gasteiger partial charge in [-0.25, -0.2) is 4.79 Å². The normalized spacial score (nSPS) is 14.3. The molecule has 0 heterocycles. The number of hydrogen-bond donors (Lipinski definition) is 1. The zero-order valence-corrected chi connectivity index (χ0v) is 9.79. The molecule has 0 aliphatic carbocycles. The molecule has 0 amide bonds. The van der Waals surface area contributed by atoms with E-state index >= 15 is 0 Å². The van der Waals surface area contributed by atoms with Crippen molar-refractivity contribution < 1.29 is 14.6 Å². The summed E-state index contributed by atoms with van der Waals surface area (Å²) >= 11 is 0. The SMILES string of the molecule is C=CC(=O)OC(C)(CCC)CCCCO. The molecular formula is C12H22O3. The molecule has 0 spiro atoms. The second-order valence-electron chi connectivity index (χ2n) is 4.01. The monoisotopic (exact) mass is 214 g/mol. The van der Waals surface area contributed by atoms with Gasteiger partial charge in [0.15, 0.2) is 0 Å². The Morgan fingerprint density at radius 1 is 1.47 bits per heavy atom. The zero-order chi connectivity index (χ0) is 11.7. The highest BCUT2D eigenvalue weighted by atomic mass is 16.6. The summed E-state index contributed by atoms with van der Waals surface area (Å²) in [7, 11) is 0. The molecule has 0 fully saturated rings. The van der Waals surface area contributed by atoms with Gasteiger partial charge in [0.2, 0.25) is 0 Å². The maximum Gasteiger partial charge on any atom is 0.330 e. The number of aliphatic hydroxyl groups excluding tert-OH is 1. The molecule has 3 heteroatoms. The van der Waals surface area contributed by atoms with E-state index in [0.717, 1.165) is 32.1 Å². The number of carbonyl (C=O) groups is 1. The van der Waals surface area contributed by atoms with Crippen molar-refractivity contribution in [3.05, 3.63) is 12.7 Å². The maximum absolute atomic E-state index is 11.1. The summed E-state index contributed by atoms with van der Waals surface area (Å²) in [5.41, 5.74) is -0.408. The first-order chi connectivity index (χ1) is 7.08. The molecule has 0 aliphatic heterocycles. The summed E-state index contributed by atoms with van der Waals surface area (Å²) in [6, 6.07) is 0. The Kier molecular flexibility index (Phi) is 7.05. The van der Waals surface area contributed by atoms with Gasteiger partial charge in [-0.2, -0.15) is 0 Å². The number of carbonyl (C=O) groups excluding carboxylic acids is 1. The van der Waals surface area contributed by atoms with E-state index in [9.17, 15) is 4.79 Å². The average Bonchev–Trinajstić information content (AvgIpc) is 2.18. The third-order valence-corrected chi connectivity index (χ3v) is 2.41. The molecule has 1 atom stereocenters. The molecule has 1 N–H and O–H groups in total. The van der Waals surface area contributed by atoms with Gasteiger partial charge in [0.1, 0.15) is 5.60 Å². The predicted octanol–water partition coefficient (Wildman–Crippen LogP) is 2.44. The fourth-order valence-electron chi connectivity index (χ4n) is 1.65. The average molecular weight is 214 g/mol. The predicted molar refractivity (Wildman–Crippen MR) is 60.5 cm³/mol. The lowest BCUT2D eigenvalue weighted by molar-refractivity contribution is -0.153. The lowest BCUT2D eigenvalue weighted by atomic mass is 9.93. The minimum Gasteiger partial charge on any atom is -0.456 e. The highest BCUT2D eigenvalue weighted by Crippen LogP contribution is 2.24. The number of rotatable bonds is 8. The highest BCUT2D eigenvalue weighted by Gasteiger charge is 2.26. The Labute approximate surface area is 92.1 Å². The van der Waals surface area contributed by atoms with E-state index in [0.29, 0.717) is 0 Å². The van der Waals surface area contributed by atoms with E-state index in [4.69, 9.17) is 9.84 Å². The van der Waals surface area contributed by atoms with Crippen molar-refractivity contribution in [2.24, 2.45) is 0 Å². The Morgan fingerprint density at radius 3 is 2.60 bits per heavy atom. The maximum atomic E-state index is 11.1. The molecular weight excluding hydrogens is 192 g/mol. The molecule has 0 aromatic carbocycles. The molecule has 0 aliphatic rings. The Bertz CT molecular complexity index is 201. The third kappa shape index (κ3) is 6.28. The van der Waals surface area contributed by atoms with Crippen molar-refractivity contribution in [3.8, 4) is 0 Å². The molecule has 88 valence electrons. The van der Waals surface area contributed by atoms with E-state index in [1.54, 1.807) is 0 Å². The van der Waals surface area contributed by atoms with Gasteiger partial charge < -0.3 is 9.84 Å². The minimum atomic E-state index is -0.408. The van der Waals surface area contributed by atoms with Gasteiger partial charge in [-0.3, -0.25) is 0 Å². The number of ether oxygens (including phenoxy) is 1. The summed E-state index contributed by atoms with van der Waals surface area (Å²) in [4.78, 5) is 11.1. The molecule has 1 unspecified atom stereocenters. The van der Waals surface area contributed by atoms with Gasteiger partial charge in [-0.05, 0) is 32.6 Å². The van der Waals surface area contributed by atoms with Crippen molar-refractivity contribution in [2.75, 3.05) is 6.61 Å². The van der Waals surface area contributed by atoms with Gasteiger partial charge in [-0.1, -0.05) is 19.9 Å². The number of esters is 1. The number of hydrogen-bond acceptors (Lipinski definition) is 3. The smallest absolute Gasteiger partial charge is 0.330 e. The van der Waals surface area contributed by atoms with Crippen LogP contribution in [0.4, 0.5) is 0 Å². The summed E-state index contributed by atoms with van der Waals surface area (Å²) in [5.74, 6) is -0.366. The van der Waals surface area contributed by atoms with Crippen molar-refractivity contribution in [1.82, 2.24) is 0 Å². The summed E-state index contributed by atoms with van der Waals surface area (Å²) < 4.78 is 5.34. The van der Waals surface area contributed by atoms with Crippen LogP contribution in [-0.2, 0) is 9.53 Å². The minimum absolute atomic E-state index is 0.192. The van der Waals surface area contributed by atoms with Crippen LogP contribution >= 0.6 is 0 Å². The van der Waals surface area contributed by atoms with Gasteiger partial charge in [0.05, 0.1) is 0 Å². The van der Waals surface area contributed by atoms with Crippen LogP contribution < -0.4 is 0 Å². The first kappa shape index (κ1) is 14.2. The Balaban J connectivity index is 4.17. The van der Waals surface area contributed by atoms with Crippen molar-refractivity contribution in [2.45, 2.75) is 51.6 Å². The number of unbranched alkanes of at least 4 members (excludes halogenated alkanes) is 1.